The predicted octanol–water partition coefficient (Wildman–Crippen LogP) is 3.86. The minimum absolute atomic E-state index is 0.177. The molecule has 0 aliphatic rings. The van der Waals surface area contributed by atoms with Gasteiger partial charge in [-0.3, -0.25) is 9.59 Å². The third-order valence-corrected chi connectivity index (χ3v) is 5.09. The Kier molecular flexibility index (Phi) is 7.43. The molecular formula is C21H20N4O2S2. The van der Waals surface area contributed by atoms with Crippen molar-refractivity contribution in [1.29, 1.82) is 0 Å². The standard InChI is InChI=1S/C21H20N4O2S2/c1-16(24-20(26)9-7-17-12-28-14-22-17)11-25(19-5-3-2-4-6-19)21(27)10-8-18-13-29-15-23-18/h2-10,12-16H,11H2,1H3,(H,24,26)/b9-7+,10-8+. The molecule has 0 saturated carbocycles. The van der Waals surface area contributed by atoms with Gasteiger partial charge in [0, 0.05) is 41.2 Å². The van der Waals surface area contributed by atoms with Crippen molar-refractivity contribution in [3.05, 3.63) is 75.7 Å². The number of carbonyl (C=O) groups excluding carboxylic acids is 2. The van der Waals surface area contributed by atoms with E-state index < -0.39 is 0 Å². The lowest BCUT2D eigenvalue weighted by atomic mass is 10.2. The summed E-state index contributed by atoms with van der Waals surface area (Å²) in [5.41, 5.74) is 5.67. The van der Waals surface area contributed by atoms with Gasteiger partial charge >= 0.3 is 0 Å². The topological polar surface area (TPSA) is 75.2 Å². The van der Waals surface area contributed by atoms with Gasteiger partial charge in [0.2, 0.25) is 5.91 Å². The molecule has 0 aliphatic carbocycles. The maximum Gasteiger partial charge on any atom is 0.251 e. The molecule has 0 saturated heterocycles. The van der Waals surface area contributed by atoms with Crippen molar-refractivity contribution < 1.29 is 9.59 Å². The van der Waals surface area contributed by atoms with Crippen molar-refractivity contribution in [1.82, 2.24) is 15.3 Å². The summed E-state index contributed by atoms with van der Waals surface area (Å²) in [6.45, 7) is 2.20. The fourth-order valence-electron chi connectivity index (χ4n) is 2.56. The van der Waals surface area contributed by atoms with Gasteiger partial charge in [0.15, 0.2) is 0 Å². The summed E-state index contributed by atoms with van der Waals surface area (Å²) >= 11 is 2.94. The number of nitrogens with one attached hydrogen (secondary N) is 1. The number of rotatable bonds is 8. The average Bonchev–Trinajstić information content (AvgIpc) is 3.43. The molecule has 1 atom stereocenters. The molecule has 1 unspecified atom stereocenters. The van der Waals surface area contributed by atoms with Crippen LogP contribution in [-0.2, 0) is 9.59 Å². The Hall–Kier alpha value is -3.10. The third kappa shape index (κ3) is 6.48. The van der Waals surface area contributed by atoms with Crippen LogP contribution in [0.4, 0.5) is 5.69 Å². The second-order valence-electron chi connectivity index (χ2n) is 6.19. The molecule has 0 spiro atoms. The Bertz CT molecular complexity index is 968. The first-order chi connectivity index (χ1) is 14.1. The summed E-state index contributed by atoms with van der Waals surface area (Å²) in [6, 6.07) is 9.13. The monoisotopic (exact) mass is 424 g/mol. The number of hydrogen-bond acceptors (Lipinski definition) is 6. The Morgan fingerprint density at radius 1 is 1.03 bits per heavy atom. The molecule has 2 heterocycles. The van der Waals surface area contributed by atoms with Crippen LogP contribution in [0.3, 0.4) is 0 Å². The second kappa shape index (κ2) is 10.4. The predicted molar refractivity (Wildman–Crippen MR) is 119 cm³/mol. The van der Waals surface area contributed by atoms with Gasteiger partial charge in [0.25, 0.3) is 5.91 Å². The summed E-state index contributed by atoms with van der Waals surface area (Å²) in [5, 5.41) is 6.62. The highest BCUT2D eigenvalue weighted by Gasteiger charge is 2.17. The van der Waals surface area contributed by atoms with Gasteiger partial charge in [-0.1, -0.05) is 18.2 Å². The fraction of sp³-hybridized carbons (Fsp3) is 0.143. The number of anilines is 1. The molecule has 2 aromatic heterocycles. The lowest BCUT2D eigenvalue weighted by molar-refractivity contribution is -0.117. The highest BCUT2D eigenvalue weighted by atomic mass is 32.1. The molecule has 6 nitrogen and oxygen atoms in total. The van der Waals surface area contributed by atoms with Crippen LogP contribution >= 0.6 is 22.7 Å². The second-order valence-corrected chi connectivity index (χ2v) is 7.62. The molecule has 3 rings (SSSR count). The minimum atomic E-state index is -0.251. The van der Waals surface area contributed by atoms with Gasteiger partial charge < -0.3 is 10.2 Å². The van der Waals surface area contributed by atoms with Crippen LogP contribution in [0.15, 0.2) is 64.3 Å². The summed E-state index contributed by atoms with van der Waals surface area (Å²) in [5.74, 6) is -0.410. The number of carbonyl (C=O) groups is 2. The van der Waals surface area contributed by atoms with E-state index in [4.69, 9.17) is 0 Å². The van der Waals surface area contributed by atoms with Crippen molar-refractivity contribution in [3.63, 3.8) is 0 Å². The Morgan fingerprint density at radius 2 is 1.66 bits per heavy atom. The molecule has 1 aromatic carbocycles. The molecule has 1 N–H and O–H groups in total. The first kappa shape index (κ1) is 20.6. The molecule has 2 amide bonds. The number of hydrogen-bond donors (Lipinski definition) is 1. The van der Waals surface area contributed by atoms with Crippen LogP contribution in [0.25, 0.3) is 12.2 Å². The maximum atomic E-state index is 12.8. The van der Waals surface area contributed by atoms with Gasteiger partial charge in [0.05, 0.1) is 22.4 Å². The van der Waals surface area contributed by atoms with Crippen molar-refractivity contribution in [3.8, 4) is 0 Å². The summed E-state index contributed by atoms with van der Waals surface area (Å²) in [4.78, 5) is 34.9. The summed E-state index contributed by atoms with van der Waals surface area (Å²) in [7, 11) is 0. The molecule has 148 valence electrons. The van der Waals surface area contributed by atoms with Crippen LogP contribution in [-0.4, -0.2) is 34.4 Å². The fourth-order valence-corrected chi connectivity index (χ4v) is 3.60. The zero-order valence-corrected chi connectivity index (χ0v) is 17.4. The summed E-state index contributed by atoms with van der Waals surface area (Å²) < 4.78 is 0. The Balaban J connectivity index is 1.66. The lowest BCUT2D eigenvalue weighted by Gasteiger charge is -2.25. The maximum absolute atomic E-state index is 12.8. The number of benzene rings is 1. The van der Waals surface area contributed by atoms with Gasteiger partial charge in [-0.2, -0.15) is 0 Å². The highest BCUT2D eigenvalue weighted by Crippen LogP contribution is 2.15. The van der Waals surface area contributed by atoms with Crippen LogP contribution in [0, 0.1) is 0 Å². The van der Waals surface area contributed by atoms with Gasteiger partial charge in [0.1, 0.15) is 0 Å². The number of para-hydroxylation sites is 1. The van der Waals surface area contributed by atoms with Crippen LogP contribution in [0.1, 0.15) is 18.3 Å². The van der Waals surface area contributed by atoms with E-state index in [9.17, 15) is 9.59 Å². The van der Waals surface area contributed by atoms with Gasteiger partial charge in [-0.15, -0.1) is 22.7 Å². The van der Waals surface area contributed by atoms with Crippen molar-refractivity contribution in [2.24, 2.45) is 0 Å². The molecule has 0 radical (unpaired) electrons. The van der Waals surface area contributed by atoms with E-state index in [0.717, 1.165) is 17.1 Å². The SMILES string of the molecule is CC(CN(C(=O)/C=C/c1cscn1)c1ccccc1)NC(=O)/C=C/c1cscn1. The summed E-state index contributed by atoms with van der Waals surface area (Å²) in [6.07, 6.45) is 6.30. The van der Waals surface area contributed by atoms with Crippen molar-refractivity contribution in [2.45, 2.75) is 13.0 Å². The van der Waals surface area contributed by atoms with Crippen molar-refractivity contribution in [2.75, 3.05) is 11.4 Å². The smallest absolute Gasteiger partial charge is 0.251 e. The third-order valence-electron chi connectivity index (χ3n) is 3.88. The van der Waals surface area contributed by atoms with E-state index in [-0.39, 0.29) is 17.9 Å². The normalized spacial score (nSPS) is 12.3. The van der Waals surface area contributed by atoms with E-state index in [1.807, 2.05) is 48.0 Å². The molecule has 29 heavy (non-hydrogen) atoms. The average molecular weight is 425 g/mol. The number of amides is 2. The van der Waals surface area contributed by atoms with Crippen LogP contribution < -0.4 is 10.2 Å². The van der Waals surface area contributed by atoms with E-state index >= 15 is 0 Å². The first-order valence-electron chi connectivity index (χ1n) is 8.91. The van der Waals surface area contributed by atoms with E-state index in [2.05, 4.69) is 15.3 Å². The number of thiazole rings is 2. The van der Waals surface area contributed by atoms with E-state index in [1.165, 1.54) is 34.8 Å². The molecule has 0 fully saturated rings. The minimum Gasteiger partial charge on any atom is -0.348 e. The largest absolute Gasteiger partial charge is 0.348 e. The van der Waals surface area contributed by atoms with E-state index in [1.54, 1.807) is 28.1 Å². The quantitative estimate of drug-likeness (QED) is 0.557. The Labute approximate surface area is 177 Å². The van der Waals surface area contributed by atoms with E-state index in [0.29, 0.717) is 6.54 Å². The Morgan fingerprint density at radius 3 is 2.24 bits per heavy atom. The lowest BCUT2D eigenvalue weighted by Crippen LogP contribution is -2.43. The molecule has 0 aliphatic heterocycles. The van der Waals surface area contributed by atoms with Crippen LogP contribution in [0.5, 0.6) is 0 Å². The first-order valence-corrected chi connectivity index (χ1v) is 10.8. The number of aromatic nitrogens is 2. The molecule has 8 heteroatoms. The molecule has 3 aromatic rings. The zero-order chi connectivity index (χ0) is 20.5. The number of nitrogens with zero attached hydrogens (tertiary/aromatic N) is 3. The van der Waals surface area contributed by atoms with Crippen molar-refractivity contribution >= 4 is 52.3 Å². The molecule has 0 bridgehead atoms. The molecular weight excluding hydrogens is 404 g/mol. The van der Waals surface area contributed by atoms with Crippen LogP contribution in [0.2, 0.25) is 0 Å². The zero-order valence-electron chi connectivity index (χ0n) is 15.8. The van der Waals surface area contributed by atoms with Gasteiger partial charge in [-0.25, -0.2) is 9.97 Å². The highest BCUT2D eigenvalue weighted by molar-refractivity contribution is 7.07. The van der Waals surface area contributed by atoms with Gasteiger partial charge in [-0.05, 0) is 31.2 Å².